The fourth-order valence-corrected chi connectivity index (χ4v) is 5.04. The van der Waals surface area contributed by atoms with E-state index in [9.17, 15) is 14.9 Å². The molecule has 0 spiro atoms. The Balaban J connectivity index is 1.63. The molecule has 0 fully saturated rings. The van der Waals surface area contributed by atoms with Crippen LogP contribution in [-0.2, 0) is 4.43 Å². The Labute approximate surface area is 227 Å². The molecule has 0 unspecified atom stereocenters. The van der Waals surface area contributed by atoms with Gasteiger partial charge in [-0.05, 0) is 66.7 Å². The maximum absolute atomic E-state index is 13.0. The quantitative estimate of drug-likeness (QED) is 0.175. The van der Waals surface area contributed by atoms with E-state index < -0.39 is 20.1 Å². The first kappa shape index (κ1) is 28.3. The van der Waals surface area contributed by atoms with Crippen LogP contribution in [0.4, 0.5) is 17.2 Å². The number of thiophene rings is 1. The maximum Gasteiger partial charge on any atom is 0.266 e. The number of aromatic nitrogens is 1. The summed E-state index contributed by atoms with van der Waals surface area (Å²) in [6.45, 7) is 11.8. The van der Waals surface area contributed by atoms with Gasteiger partial charge in [-0.25, -0.2) is 4.98 Å². The first-order chi connectivity index (χ1) is 17.4. The van der Waals surface area contributed by atoms with Crippen molar-refractivity contribution in [2.24, 2.45) is 0 Å². The van der Waals surface area contributed by atoms with Crippen molar-refractivity contribution in [3.8, 4) is 6.19 Å². The van der Waals surface area contributed by atoms with Gasteiger partial charge in [0.2, 0.25) is 0 Å². The van der Waals surface area contributed by atoms with Crippen LogP contribution in [0.15, 0.2) is 54.7 Å². The van der Waals surface area contributed by atoms with Crippen molar-refractivity contribution in [1.29, 1.82) is 5.26 Å². The minimum atomic E-state index is -1.90. The summed E-state index contributed by atoms with van der Waals surface area (Å²) in [5.74, 6) is -0.688. The smallest absolute Gasteiger partial charge is 0.266 e. The molecule has 194 valence electrons. The fourth-order valence-electron chi connectivity index (χ4n) is 3.06. The lowest BCUT2D eigenvalue weighted by Gasteiger charge is -2.36. The third-order valence-corrected chi connectivity index (χ3v) is 12.0. The van der Waals surface area contributed by atoms with Crippen molar-refractivity contribution in [3.05, 3.63) is 69.5 Å². The van der Waals surface area contributed by atoms with Crippen molar-refractivity contribution in [3.63, 3.8) is 0 Å². The predicted molar refractivity (Wildman–Crippen MR) is 152 cm³/mol. The second-order valence-electron chi connectivity index (χ2n) is 9.82. The topological polar surface area (TPSA) is 107 Å². The van der Waals surface area contributed by atoms with Crippen LogP contribution in [0.2, 0.25) is 22.5 Å². The van der Waals surface area contributed by atoms with E-state index in [0.29, 0.717) is 33.7 Å². The summed E-state index contributed by atoms with van der Waals surface area (Å²) in [5, 5.41) is 15.2. The number of rotatable bonds is 9. The minimum Gasteiger partial charge on any atom is -0.415 e. The number of carbonyl (C=O) groups excluding carboxylic acids is 2. The van der Waals surface area contributed by atoms with Crippen molar-refractivity contribution in [1.82, 2.24) is 4.98 Å². The van der Waals surface area contributed by atoms with Crippen LogP contribution in [0.25, 0.3) is 0 Å². The summed E-state index contributed by atoms with van der Waals surface area (Å²) in [6, 6.07) is 13.4. The number of nitrogens with zero attached hydrogens (tertiary/aromatic N) is 3. The molecule has 11 heteroatoms. The monoisotopic (exact) mass is 555 g/mol. The molecule has 2 aromatic heterocycles. The molecule has 3 rings (SSSR count). The number of benzene rings is 1. The molecule has 0 aliphatic rings. The van der Waals surface area contributed by atoms with E-state index in [0.717, 1.165) is 11.3 Å². The van der Waals surface area contributed by atoms with E-state index in [4.69, 9.17) is 16.0 Å². The predicted octanol–water partition coefficient (Wildman–Crippen LogP) is 6.61. The molecule has 0 bridgehead atoms. The van der Waals surface area contributed by atoms with Crippen LogP contribution in [-0.4, -0.2) is 38.3 Å². The molecule has 0 saturated heterocycles. The molecular weight excluding hydrogens is 526 g/mol. The van der Waals surface area contributed by atoms with Crippen LogP contribution in [0.3, 0.4) is 0 Å². The van der Waals surface area contributed by atoms with Crippen LogP contribution in [0.5, 0.6) is 0 Å². The molecule has 0 saturated carbocycles. The zero-order valence-electron chi connectivity index (χ0n) is 21.5. The highest BCUT2D eigenvalue weighted by molar-refractivity contribution is 7.18. The number of anilines is 3. The summed E-state index contributed by atoms with van der Waals surface area (Å²) in [5.41, 5.74) is 1.45. The molecule has 2 N–H and O–H groups in total. The standard InChI is InChI=1S/C26H30ClN5O3SSi/c1-26(2,3)37(4,5)35-16-15-32(17-28)19-10-8-18(9-11-19)30-24(33)20-7-6-14-29-23(20)31-25(34)21-12-13-22(27)36-21/h6-14H,15-16H2,1-5H3,(H,30,33)(H,29,31,34). The van der Waals surface area contributed by atoms with Crippen LogP contribution in [0, 0.1) is 11.5 Å². The normalized spacial score (nSPS) is 11.5. The Kier molecular flexibility index (Phi) is 9.10. The van der Waals surface area contributed by atoms with Crippen molar-refractivity contribution in [2.45, 2.75) is 38.9 Å². The third kappa shape index (κ3) is 7.39. The van der Waals surface area contributed by atoms with Gasteiger partial charge in [-0.15, -0.1) is 11.3 Å². The lowest BCUT2D eigenvalue weighted by molar-refractivity contribution is 0.102. The van der Waals surface area contributed by atoms with E-state index in [2.05, 4.69) is 55.7 Å². The first-order valence-corrected chi connectivity index (χ1v) is 15.8. The minimum absolute atomic E-state index is 0.0962. The van der Waals surface area contributed by atoms with Gasteiger partial charge < -0.3 is 15.1 Å². The SMILES string of the molecule is CC(C)(C)[Si](C)(C)OCCN(C#N)c1ccc(NC(=O)c2cccnc2NC(=O)c2ccc(Cl)s2)cc1. The van der Waals surface area contributed by atoms with Gasteiger partial charge in [0.1, 0.15) is 5.82 Å². The van der Waals surface area contributed by atoms with Gasteiger partial charge in [0, 0.05) is 11.9 Å². The van der Waals surface area contributed by atoms with Gasteiger partial charge in [-0.3, -0.25) is 14.5 Å². The van der Waals surface area contributed by atoms with Gasteiger partial charge in [0.05, 0.1) is 33.6 Å². The average molecular weight is 556 g/mol. The summed E-state index contributed by atoms with van der Waals surface area (Å²) >= 11 is 7.05. The van der Waals surface area contributed by atoms with Crippen molar-refractivity contribution in [2.75, 3.05) is 28.7 Å². The van der Waals surface area contributed by atoms with Gasteiger partial charge >= 0.3 is 0 Å². The number of pyridine rings is 1. The third-order valence-electron chi connectivity index (χ3n) is 6.22. The number of carbonyl (C=O) groups is 2. The largest absolute Gasteiger partial charge is 0.415 e. The molecule has 2 amide bonds. The number of nitriles is 1. The molecule has 37 heavy (non-hydrogen) atoms. The summed E-state index contributed by atoms with van der Waals surface area (Å²) < 4.78 is 6.68. The Morgan fingerprint density at radius 3 is 2.41 bits per heavy atom. The molecule has 0 aliphatic heterocycles. The Bertz CT molecular complexity index is 1300. The molecule has 0 atom stereocenters. The van der Waals surface area contributed by atoms with E-state index >= 15 is 0 Å². The highest BCUT2D eigenvalue weighted by atomic mass is 35.5. The molecule has 0 aliphatic carbocycles. The van der Waals surface area contributed by atoms with E-state index in [-0.39, 0.29) is 16.4 Å². The molecular formula is C26H30ClN5O3SSi. The van der Waals surface area contributed by atoms with Gasteiger partial charge in [-0.1, -0.05) is 32.4 Å². The molecule has 1 aromatic carbocycles. The first-order valence-electron chi connectivity index (χ1n) is 11.7. The maximum atomic E-state index is 13.0. The Hall–Kier alpha value is -3.23. The number of amides is 2. The zero-order valence-corrected chi connectivity index (χ0v) is 24.0. The Morgan fingerprint density at radius 2 is 1.81 bits per heavy atom. The molecule has 0 radical (unpaired) electrons. The van der Waals surface area contributed by atoms with Gasteiger partial charge in [-0.2, -0.15) is 5.26 Å². The average Bonchev–Trinajstić information content (AvgIpc) is 3.28. The summed E-state index contributed by atoms with van der Waals surface area (Å²) in [4.78, 5) is 31.6. The molecule has 3 aromatic rings. The van der Waals surface area contributed by atoms with E-state index in [1.165, 1.54) is 6.20 Å². The van der Waals surface area contributed by atoms with E-state index in [1.54, 1.807) is 53.4 Å². The second kappa shape index (κ2) is 11.9. The molecule has 2 heterocycles. The van der Waals surface area contributed by atoms with Crippen LogP contribution in [0.1, 0.15) is 40.8 Å². The number of halogens is 1. The number of hydrogen-bond acceptors (Lipinski definition) is 7. The Morgan fingerprint density at radius 1 is 1.11 bits per heavy atom. The van der Waals surface area contributed by atoms with Gasteiger partial charge in [0.15, 0.2) is 14.5 Å². The van der Waals surface area contributed by atoms with Crippen LogP contribution < -0.4 is 15.5 Å². The fraction of sp³-hybridized carbons (Fsp3) is 0.308. The van der Waals surface area contributed by atoms with Crippen molar-refractivity contribution < 1.29 is 14.0 Å². The van der Waals surface area contributed by atoms with Gasteiger partial charge in [0.25, 0.3) is 11.8 Å². The number of nitrogens with one attached hydrogen (secondary N) is 2. The molecule has 8 nitrogen and oxygen atoms in total. The van der Waals surface area contributed by atoms with Crippen LogP contribution >= 0.6 is 22.9 Å². The van der Waals surface area contributed by atoms with Crippen molar-refractivity contribution >= 4 is 60.3 Å². The lowest BCUT2D eigenvalue weighted by Crippen LogP contribution is -2.42. The summed E-state index contributed by atoms with van der Waals surface area (Å²) in [6.07, 6.45) is 3.69. The second-order valence-corrected chi connectivity index (χ2v) is 16.3. The summed E-state index contributed by atoms with van der Waals surface area (Å²) in [7, 11) is -1.90. The highest BCUT2D eigenvalue weighted by Crippen LogP contribution is 2.36. The zero-order chi connectivity index (χ0) is 27.2. The highest BCUT2D eigenvalue weighted by Gasteiger charge is 2.37. The number of hydrogen-bond donors (Lipinski definition) is 2. The van der Waals surface area contributed by atoms with E-state index in [1.807, 2.05) is 0 Å². The lowest BCUT2D eigenvalue weighted by atomic mass is 10.2.